The van der Waals surface area contributed by atoms with Gasteiger partial charge in [-0.3, -0.25) is 0 Å². The summed E-state index contributed by atoms with van der Waals surface area (Å²) in [6.45, 7) is 4.87. The Morgan fingerprint density at radius 2 is 1.58 bits per heavy atom. The van der Waals surface area contributed by atoms with Gasteiger partial charge in [-0.1, -0.05) is 50.6 Å². The minimum Gasteiger partial charge on any atom is -0.306 e. The first-order chi connectivity index (χ1) is 9.25. The number of rotatable bonds is 4. The van der Waals surface area contributed by atoms with Gasteiger partial charge in [-0.05, 0) is 49.0 Å². The normalized spacial score (nSPS) is 33.1. The number of hydrogen-bond acceptors (Lipinski definition) is 1. The van der Waals surface area contributed by atoms with Crippen LogP contribution in [0.25, 0.3) is 0 Å². The van der Waals surface area contributed by atoms with Gasteiger partial charge in [0.2, 0.25) is 0 Å². The second-order valence-corrected chi connectivity index (χ2v) is 6.80. The first kappa shape index (κ1) is 13.2. The molecule has 0 radical (unpaired) electrons. The highest BCUT2D eigenvalue weighted by Crippen LogP contribution is 2.42. The van der Waals surface area contributed by atoms with E-state index in [1.54, 1.807) is 0 Å². The highest BCUT2D eigenvalue weighted by atomic mass is 15.0. The lowest BCUT2D eigenvalue weighted by molar-refractivity contribution is 0.187. The number of nitrogens with one attached hydrogen (secondary N) is 1. The van der Waals surface area contributed by atoms with Crippen molar-refractivity contribution in [2.75, 3.05) is 0 Å². The maximum atomic E-state index is 4.03. The van der Waals surface area contributed by atoms with Crippen LogP contribution in [0.1, 0.15) is 57.6 Å². The van der Waals surface area contributed by atoms with E-state index in [1.807, 2.05) is 0 Å². The molecular weight excluding hydrogens is 230 g/mol. The Morgan fingerprint density at radius 1 is 0.947 bits per heavy atom. The fraction of sp³-hybridized carbons (Fsp3) is 0.667. The molecule has 104 valence electrons. The molecule has 2 fully saturated rings. The van der Waals surface area contributed by atoms with Crippen molar-refractivity contribution in [3.63, 3.8) is 0 Å². The monoisotopic (exact) mass is 257 g/mol. The van der Waals surface area contributed by atoms with Gasteiger partial charge in [0.05, 0.1) is 0 Å². The van der Waals surface area contributed by atoms with Gasteiger partial charge < -0.3 is 5.32 Å². The topological polar surface area (TPSA) is 12.0 Å². The smallest absolute Gasteiger partial charge is 0.0351 e. The Morgan fingerprint density at radius 3 is 2.16 bits per heavy atom. The molecule has 2 aliphatic rings. The Hall–Kier alpha value is -0.820. The van der Waals surface area contributed by atoms with Crippen LogP contribution in [0.3, 0.4) is 0 Å². The molecule has 1 nitrogen and oxygen atoms in total. The highest BCUT2D eigenvalue weighted by Gasteiger charge is 2.36. The second-order valence-electron chi connectivity index (χ2n) is 6.80. The summed E-state index contributed by atoms with van der Waals surface area (Å²) in [6, 6.07) is 12.4. The minimum atomic E-state index is 0.592. The van der Waals surface area contributed by atoms with Crippen molar-refractivity contribution < 1.29 is 0 Å². The summed E-state index contributed by atoms with van der Waals surface area (Å²) in [5, 5.41) is 4.03. The summed E-state index contributed by atoms with van der Waals surface area (Å²) in [5.74, 6) is 2.53. The van der Waals surface area contributed by atoms with Crippen LogP contribution < -0.4 is 5.32 Å². The van der Waals surface area contributed by atoms with Crippen LogP contribution in [0.2, 0.25) is 0 Å². The van der Waals surface area contributed by atoms with Crippen LogP contribution in [0.4, 0.5) is 0 Å². The van der Waals surface area contributed by atoms with Gasteiger partial charge in [0, 0.05) is 12.1 Å². The third-order valence-electron chi connectivity index (χ3n) is 5.17. The van der Waals surface area contributed by atoms with Gasteiger partial charge in [-0.15, -0.1) is 0 Å². The van der Waals surface area contributed by atoms with E-state index in [-0.39, 0.29) is 0 Å². The number of hydrogen-bond donors (Lipinski definition) is 1. The van der Waals surface area contributed by atoms with E-state index < -0.39 is 0 Å². The van der Waals surface area contributed by atoms with Crippen LogP contribution in [-0.4, -0.2) is 6.04 Å². The molecule has 0 spiro atoms. The zero-order valence-electron chi connectivity index (χ0n) is 12.3. The summed E-state index contributed by atoms with van der Waals surface area (Å²) in [5.41, 5.74) is 1.50. The number of benzene rings is 1. The quantitative estimate of drug-likeness (QED) is 0.834. The molecule has 3 unspecified atom stereocenters. The molecule has 2 aliphatic carbocycles. The van der Waals surface area contributed by atoms with Gasteiger partial charge >= 0.3 is 0 Å². The Kier molecular flexibility index (Phi) is 3.93. The molecule has 1 N–H and O–H groups in total. The molecule has 1 heteroatoms. The Balaban J connectivity index is 1.74. The summed E-state index contributed by atoms with van der Waals surface area (Å²) in [7, 11) is 0. The largest absolute Gasteiger partial charge is 0.306 e. The molecule has 19 heavy (non-hydrogen) atoms. The van der Waals surface area contributed by atoms with Gasteiger partial charge in [0.15, 0.2) is 0 Å². The first-order valence-electron chi connectivity index (χ1n) is 8.06. The Bertz CT molecular complexity index is 385. The zero-order valence-corrected chi connectivity index (χ0v) is 12.3. The lowest BCUT2D eigenvalue weighted by atomic mass is 9.78. The van der Waals surface area contributed by atoms with Crippen LogP contribution in [0, 0.1) is 17.8 Å². The van der Waals surface area contributed by atoms with E-state index in [0.717, 1.165) is 17.8 Å². The molecule has 0 bridgehead atoms. The average molecular weight is 257 g/mol. The van der Waals surface area contributed by atoms with Crippen molar-refractivity contribution in [2.24, 2.45) is 17.8 Å². The molecule has 3 rings (SSSR count). The predicted molar refractivity (Wildman–Crippen MR) is 81.0 cm³/mol. The van der Waals surface area contributed by atoms with Crippen molar-refractivity contribution in [3.8, 4) is 0 Å². The van der Waals surface area contributed by atoms with Crippen LogP contribution >= 0.6 is 0 Å². The summed E-state index contributed by atoms with van der Waals surface area (Å²) in [4.78, 5) is 0. The van der Waals surface area contributed by atoms with Crippen molar-refractivity contribution in [1.82, 2.24) is 5.32 Å². The van der Waals surface area contributed by atoms with E-state index in [2.05, 4.69) is 49.5 Å². The molecule has 0 aliphatic heterocycles. The van der Waals surface area contributed by atoms with Crippen LogP contribution in [0.15, 0.2) is 30.3 Å². The van der Waals surface area contributed by atoms with E-state index in [9.17, 15) is 0 Å². The second kappa shape index (κ2) is 5.66. The van der Waals surface area contributed by atoms with Crippen molar-refractivity contribution in [1.29, 1.82) is 0 Å². The van der Waals surface area contributed by atoms with E-state index in [0.29, 0.717) is 12.1 Å². The van der Waals surface area contributed by atoms with Crippen molar-refractivity contribution in [3.05, 3.63) is 35.9 Å². The molecule has 0 heterocycles. The fourth-order valence-corrected chi connectivity index (χ4v) is 3.81. The third kappa shape index (κ3) is 3.02. The van der Waals surface area contributed by atoms with Crippen LogP contribution in [-0.2, 0) is 0 Å². The van der Waals surface area contributed by atoms with Crippen molar-refractivity contribution in [2.45, 2.75) is 58.0 Å². The highest BCUT2D eigenvalue weighted by molar-refractivity contribution is 5.21. The SMILES string of the molecule is CC1CCCC(C)C1NC(c1ccccc1)C1CC1. The molecule has 1 aromatic rings. The molecule has 0 amide bonds. The van der Waals surface area contributed by atoms with Crippen molar-refractivity contribution >= 4 is 0 Å². The lowest BCUT2D eigenvalue weighted by Gasteiger charge is -2.38. The summed E-state index contributed by atoms with van der Waals surface area (Å²) in [6.07, 6.45) is 7.02. The summed E-state index contributed by atoms with van der Waals surface area (Å²) < 4.78 is 0. The third-order valence-corrected chi connectivity index (χ3v) is 5.17. The van der Waals surface area contributed by atoms with Gasteiger partial charge in [0.25, 0.3) is 0 Å². The van der Waals surface area contributed by atoms with Gasteiger partial charge in [-0.25, -0.2) is 0 Å². The minimum absolute atomic E-state index is 0.592. The maximum Gasteiger partial charge on any atom is 0.0351 e. The predicted octanol–water partition coefficient (Wildman–Crippen LogP) is 4.55. The molecular formula is C18H27N. The summed E-state index contributed by atoms with van der Waals surface area (Å²) >= 11 is 0. The fourth-order valence-electron chi connectivity index (χ4n) is 3.81. The molecule has 1 aromatic carbocycles. The van der Waals surface area contributed by atoms with E-state index in [4.69, 9.17) is 0 Å². The lowest BCUT2D eigenvalue weighted by Crippen LogP contribution is -2.45. The van der Waals surface area contributed by atoms with Crippen LogP contribution in [0.5, 0.6) is 0 Å². The molecule has 0 aromatic heterocycles. The Labute approximate surface area is 117 Å². The van der Waals surface area contributed by atoms with E-state index >= 15 is 0 Å². The first-order valence-corrected chi connectivity index (χ1v) is 8.06. The zero-order chi connectivity index (χ0) is 13.2. The molecule has 0 saturated heterocycles. The maximum absolute atomic E-state index is 4.03. The van der Waals surface area contributed by atoms with E-state index in [1.165, 1.54) is 37.7 Å². The average Bonchev–Trinajstić information content (AvgIpc) is 3.24. The standard InChI is InChI=1S/C18H27N/c1-13-7-6-8-14(2)17(13)19-18(16-11-12-16)15-9-4-3-5-10-15/h3-5,9-10,13-14,16-19H,6-8,11-12H2,1-2H3. The molecule has 3 atom stereocenters. The van der Waals surface area contributed by atoms with Gasteiger partial charge in [-0.2, -0.15) is 0 Å². The molecule has 2 saturated carbocycles. The van der Waals surface area contributed by atoms with Gasteiger partial charge in [0.1, 0.15) is 0 Å².